The number of hydrazone groups is 1. The summed E-state index contributed by atoms with van der Waals surface area (Å²) in [5.41, 5.74) is 5.88. The van der Waals surface area contributed by atoms with E-state index in [9.17, 15) is 0 Å². The van der Waals surface area contributed by atoms with E-state index in [1.54, 1.807) is 17.6 Å². The van der Waals surface area contributed by atoms with E-state index in [2.05, 4.69) is 15.5 Å². The van der Waals surface area contributed by atoms with Gasteiger partial charge in [0, 0.05) is 5.02 Å². The third kappa shape index (κ3) is 5.09. The van der Waals surface area contributed by atoms with Crippen LogP contribution in [0.1, 0.15) is 18.1 Å². The monoisotopic (exact) mass is 437 g/mol. The van der Waals surface area contributed by atoms with Crippen molar-refractivity contribution >= 4 is 44.5 Å². The number of ether oxygens (including phenoxy) is 2. The van der Waals surface area contributed by atoms with Crippen LogP contribution in [-0.2, 0) is 6.61 Å². The van der Waals surface area contributed by atoms with Crippen LogP contribution in [0.2, 0.25) is 5.02 Å². The van der Waals surface area contributed by atoms with Gasteiger partial charge < -0.3 is 9.47 Å². The largest absolute Gasteiger partial charge is 0.490 e. The van der Waals surface area contributed by atoms with Crippen LogP contribution in [0.3, 0.4) is 0 Å². The first-order chi connectivity index (χ1) is 14.7. The van der Waals surface area contributed by atoms with E-state index in [0.29, 0.717) is 29.7 Å². The normalized spacial score (nSPS) is 11.1. The van der Waals surface area contributed by atoms with Crippen molar-refractivity contribution in [2.75, 3.05) is 12.0 Å². The van der Waals surface area contributed by atoms with Gasteiger partial charge in [-0.1, -0.05) is 47.2 Å². The van der Waals surface area contributed by atoms with Gasteiger partial charge in [-0.25, -0.2) is 4.98 Å². The molecule has 3 aromatic carbocycles. The number of nitrogens with zero attached hydrogens (tertiary/aromatic N) is 2. The zero-order chi connectivity index (χ0) is 20.8. The molecule has 0 bridgehead atoms. The molecule has 152 valence electrons. The Bertz CT molecular complexity index is 1130. The highest BCUT2D eigenvalue weighted by molar-refractivity contribution is 7.22. The van der Waals surface area contributed by atoms with Crippen molar-refractivity contribution in [1.82, 2.24) is 4.98 Å². The molecule has 0 spiro atoms. The van der Waals surface area contributed by atoms with Crippen LogP contribution in [0, 0.1) is 0 Å². The van der Waals surface area contributed by atoms with Crippen LogP contribution in [0.4, 0.5) is 5.13 Å². The number of para-hydroxylation sites is 1. The summed E-state index contributed by atoms with van der Waals surface area (Å²) >= 11 is 7.49. The maximum Gasteiger partial charge on any atom is 0.204 e. The number of aromatic nitrogens is 1. The van der Waals surface area contributed by atoms with Gasteiger partial charge in [0.05, 0.1) is 23.0 Å². The van der Waals surface area contributed by atoms with Gasteiger partial charge in [0.25, 0.3) is 0 Å². The maximum absolute atomic E-state index is 5.94. The average Bonchev–Trinajstić information content (AvgIpc) is 3.17. The first-order valence-corrected chi connectivity index (χ1v) is 10.7. The fraction of sp³-hybridized carbons (Fsp3) is 0.130. The second kappa shape index (κ2) is 9.61. The minimum atomic E-state index is 0.434. The van der Waals surface area contributed by atoms with Crippen LogP contribution in [-0.4, -0.2) is 17.8 Å². The molecule has 0 aliphatic heterocycles. The van der Waals surface area contributed by atoms with Crippen molar-refractivity contribution < 1.29 is 9.47 Å². The van der Waals surface area contributed by atoms with Crippen molar-refractivity contribution in [3.63, 3.8) is 0 Å². The van der Waals surface area contributed by atoms with Crippen molar-refractivity contribution in [2.45, 2.75) is 13.5 Å². The summed E-state index contributed by atoms with van der Waals surface area (Å²) in [5.74, 6) is 1.36. The molecule has 1 N–H and O–H groups in total. The van der Waals surface area contributed by atoms with E-state index in [-0.39, 0.29) is 0 Å². The minimum absolute atomic E-state index is 0.434. The van der Waals surface area contributed by atoms with Gasteiger partial charge >= 0.3 is 0 Å². The standard InChI is InChI=1S/C23H20ClN3O2S/c1-2-28-21-13-17(9-12-20(21)29-15-16-7-10-18(24)11-8-16)14-25-27-23-26-19-5-3-4-6-22(19)30-23/h3-14H,2,15H2,1H3,(H,26,27)/b25-14-. The summed E-state index contributed by atoms with van der Waals surface area (Å²) in [5, 5.41) is 5.76. The highest BCUT2D eigenvalue weighted by Gasteiger charge is 2.07. The second-order valence-corrected chi connectivity index (χ2v) is 7.88. The number of benzene rings is 3. The number of halogens is 1. The number of fused-ring (bicyclic) bond motifs is 1. The number of hydrogen-bond donors (Lipinski definition) is 1. The molecule has 30 heavy (non-hydrogen) atoms. The molecule has 0 aliphatic rings. The summed E-state index contributed by atoms with van der Waals surface area (Å²) in [6.07, 6.45) is 1.73. The molecule has 7 heteroatoms. The Morgan fingerprint density at radius 1 is 1.03 bits per heavy atom. The lowest BCUT2D eigenvalue weighted by Gasteiger charge is -2.12. The minimum Gasteiger partial charge on any atom is -0.490 e. The highest BCUT2D eigenvalue weighted by atomic mass is 35.5. The van der Waals surface area contributed by atoms with E-state index in [4.69, 9.17) is 21.1 Å². The Hall–Kier alpha value is -3.09. The van der Waals surface area contributed by atoms with E-state index in [1.807, 2.05) is 73.7 Å². The zero-order valence-corrected chi connectivity index (χ0v) is 17.9. The van der Waals surface area contributed by atoms with Gasteiger partial charge in [-0.3, -0.25) is 5.43 Å². The van der Waals surface area contributed by atoms with Crippen LogP contribution < -0.4 is 14.9 Å². The zero-order valence-electron chi connectivity index (χ0n) is 16.3. The predicted octanol–water partition coefficient (Wildman–Crippen LogP) is 6.37. The molecular formula is C23H20ClN3O2S. The first-order valence-electron chi connectivity index (χ1n) is 9.50. The predicted molar refractivity (Wildman–Crippen MR) is 124 cm³/mol. The summed E-state index contributed by atoms with van der Waals surface area (Å²) in [6.45, 7) is 2.92. The smallest absolute Gasteiger partial charge is 0.204 e. The SMILES string of the molecule is CCOc1cc(/C=N\Nc2nc3ccccc3s2)ccc1OCc1ccc(Cl)cc1. The van der Waals surface area contributed by atoms with E-state index in [0.717, 1.165) is 26.5 Å². The Morgan fingerprint density at radius 3 is 2.67 bits per heavy atom. The average molecular weight is 438 g/mol. The number of thiazole rings is 1. The Kier molecular flexibility index (Phi) is 6.47. The molecule has 0 radical (unpaired) electrons. The Morgan fingerprint density at radius 2 is 1.87 bits per heavy atom. The van der Waals surface area contributed by atoms with Gasteiger partial charge in [0.1, 0.15) is 6.61 Å². The molecule has 0 aliphatic carbocycles. The summed E-state index contributed by atoms with van der Waals surface area (Å²) < 4.78 is 12.8. The number of nitrogens with one attached hydrogen (secondary N) is 1. The van der Waals surface area contributed by atoms with Gasteiger partial charge in [-0.2, -0.15) is 5.10 Å². The molecule has 1 heterocycles. The molecule has 0 amide bonds. The Labute approximate surface area is 183 Å². The van der Waals surface area contributed by atoms with Crippen LogP contribution in [0.25, 0.3) is 10.2 Å². The van der Waals surface area contributed by atoms with Gasteiger partial charge in [-0.15, -0.1) is 0 Å². The summed E-state index contributed by atoms with van der Waals surface area (Å²) in [4.78, 5) is 4.50. The van der Waals surface area contributed by atoms with Gasteiger partial charge in [-0.05, 0) is 60.5 Å². The van der Waals surface area contributed by atoms with Crippen molar-refractivity contribution in [1.29, 1.82) is 0 Å². The Balaban J connectivity index is 1.43. The molecule has 0 atom stereocenters. The lowest BCUT2D eigenvalue weighted by Crippen LogP contribution is -2.00. The van der Waals surface area contributed by atoms with Crippen LogP contribution in [0.15, 0.2) is 71.8 Å². The fourth-order valence-corrected chi connectivity index (χ4v) is 3.76. The summed E-state index contributed by atoms with van der Waals surface area (Å²) in [7, 11) is 0. The number of hydrogen-bond acceptors (Lipinski definition) is 6. The third-order valence-electron chi connectivity index (χ3n) is 4.24. The highest BCUT2D eigenvalue weighted by Crippen LogP contribution is 2.29. The van der Waals surface area contributed by atoms with Gasteiger partial charge in [0.2, 0.25) is 5.13 Å². The summed E-state index contributed by atoms with van der Waals surface area (Å²) in [6, 6.07) is 21.3. The molecule has 0 fully saturated rings. The number of anilines is 1. The number of rotatable bonds is 8. The molecule has 0 unspecified atom stereocenters. The van der Waals surface area contributed by atoms with E-state index in [1.165, 1.54) is 0 Å². The molecular weight excluding hydrogens is 418 g/mol. The van der Waals surface area contributed by atoms with Crippen molar-refractivity contribution in [3.05, 3.63) is 82.9 Å². The molecule has 4 rings (SSSR count). The quantitative estimate of drug-likeness (QED) is 0.257. The third-order valence-corrected chi connectivity index (χ3v) is 5.44. The fourth-order valence-electron chi connectivity index (χ4n) is 2.82. The molecule has 1 aromatic heterocycles. The molecule has 5 nitrogen and oxygen atoms in total. The van der Waals surface area contributed by atoms with Crippen molar-refractivity contribution in [3.8, 4) is 11.5 Å². The van der Waals surface area contributed by atoms with E-state index >= 15 is 0 Å². The lowest BCUT2D eigenvalue weighted by molar-refractivity contribution is 0.269. The van der Waals surface area contributed by atoms with Crippen LogP contribution >= 0.6 is 22.9 Å². The first kappa shape index (κ1) is 20.2. The molecule has 0 saturated carbocycles. The van der Waals surface area contributed by atoms with Crippen LogP contribution in [0.5, 0.6) is 11.5 Å². The van der Waals surface area contributed by atoms with Gasteiger partial charge in [0.15, 0.2) is 11.5 Å². The molecule has 4 aromatic rings. The van der Waals surface area contributed by atoms with Crippen molar-refractivity contribution in [2.24, 2.45) is 5.10 Å². The molecule has 0 saturated heterocycles. The second-order valence-electron chi connectivity index (χ2n) is 6.41. The lowest BCUT2D eigenvalue weighted by atomic mass is 10.2. The maximum atomic E-state index is 5.94. The van der Waals surface area contributed by atoms with E-state index < -0.39 is 0 Å². The topological polar surface area (TPSA) is 55.7 Å².